The molecule has 0 aliphatic carbocycles. The number of hydrogen-bond donors (Lipinski definition) is 1. The lowest BCUT2D eigenvalue weighted by Crippen LogP contribution is -2.32. The number of ketones is 1. The van der Waals surface area contributed by atoms with Crippen LogP contribution in [0.15, 0.2) is 0 Å². The predicted octanol–water partition coefficient (Wildman–Crippen LogP) is 0.803. The lowest BCUT2D eigenvalue weighted by atomic mass is 10.1. The van der Waals surface area contributed by atoms with Crippen LogP contribution >= 0.6 is 11.6 Å². The Morgan fingerprint density at radius 3 is 2.00 bits per heavy atom. The van der Waals surface area contributed by atoms with Crippen molar-refractivity contribution in [2.24, 2.45) is 5.92 Å². The molecule has 70 valence electrons. The first-order chi connectivity index (χ1) is 5.54. The maximum absolute atomic E-state index is 11.9. The Kier molecular flexibility index (Phi) is 4.73. The molecule has 6 heteroatoms. The Morgan fingerprint density at radius 2 is 1.75 bits per heavy atom. The molecule has 12 heavy (non-hydrogen) atoms. The third kappa shape index (κ3) is 2.73. The molecule has 3 nitrogen and oxygen atoms in total. The lowest BCUT2D eigenvalue weighted by molar-refractivity contribution is -0.149. The summed E-state index contributed by atoms with van der Waals surface area (Å²) in [5.74, 6) is -4.52. The zero-order chi connectivity index (χ0) is 9.72. The van der Waals surface area contributed by atoms with Crippen LogP contribution in [0.3, 0.4) is 0 Å². The van der Waals surface area contributed by atoms with E-state index in [1.807, 2.05) is 0 Å². The minimum atomic E-state index is -1.78. The maximum Gasteiger partial charge on any atom is 0.373 e. The normalized spacial score (nSPS) is 13.0. The van der Waals surface area contributed by atoms with Gasteiger partial charge in [0.2, 0.25) is 0 Å². The summed E-state index contributed by atoms with van der Waals surface area (Å²) in [5, 5.41) is 6.49. The molecule has 0 rings (SSSR count). The van der Waals surface area contributed by atoms with Gasteiger partial charge in [0.05, 0.1) is 13.3 Å². The fourth-order valence-corrected chi connectivity index (χ4v) is 0.758. The van der Waals surface area contributed by atoms with Gasteiger partial charge in [-0.15, -0.1) is 11.6 Å². The van der Waals surface area contributed by atoms with Gasteiger partial charge < -0.3 is 5.11 Å². The second kappa shape index (κ2) is 5.03. The number of Topliss-reactive ketones (excluding diaryl/α,β-unsaturated/α-hetero) is 1. The summed E-state index contributed by atoms with van der Waals surface area (Å²) in [4.78, 5) is 20.5. The van der Waals surface area contributed by atoms with E-state index in [0.29, 0.717) is 0 Å². The largest absolute Gasteiger partial charge is 0.475 e. The van der Waals surface area contributed by atoms with Gasteiger partial charge in [0.1, 0.15) is 5.38 Å². The first-order valence-corrected chi connectivity index (χ1v) is 3.51. The van der Waals surface area contributed by atoms with Crippen molar-refractivity contribution in [3.63, 3.8) is 0 Å². The predicted molar refractivity (Wildman–Crippen MR) is 37.7 cm³/mol. The van der Waals surface area contributed by atoms with E-state index in [1.54, 1.807) is 0 Å². The molecule has 1 N–H and O–H groups in total. The minimum absolute atomic E-state index is 1.15. The molecular formula is C6H7ClF2O3. The topological polar surface area (TPSA) is 54.4 Å². The number of halogens is 3. The van der Waals surface area contributed by atoms with Crippen LogP contribution < -0.4 is 0 Å². The molecule has 0 aromatic heterocycles. The number of aliphatic carboxylic acids is 1. The SMILES string of the molecule is O=C(O)C(=O)C(Cl)C(CF)CF. The molecule has 1 atom stereocenters. The van der Waals surface area contributed by atoms with Gasteiger partial charge >= 0.3 is 5.97 Å². The van der Waals surface area contributed by atoms with Crippen molar-refractivity contribution in [2.75, 3.05) is 13.3 Å². The number of carbonyl (C=O) groups excluding carboxylic acids is 1. The fraction of sp³-hybridized carbons (Fsp3) is 0.667. The van der Waals surface area contributed by atoms with E-state index >= 15 is 0 Å². The van der Waals surface area contributed by atoms with Crippen LogP contribution in [0.4, 0.5) is 8.78 Å². The van der Waals surface area contributed by atoms with Gasteiger partial charge in [-0.25, -0.2) is 4.79 Å². The summed E-state index contributed by atoms with van der Waals surface area (Å²) >= 11 is 5.18. The van der Waals surface area contributed by atoms with Crippen LogP contribution in [0.1, 0.15) is 0 Å². The molecule has 1 unspecified atom stereocenters. The highest BCUT2D eigenvalue weighted by molar-refractivity contribution is 6.47. The molecule has 0 aliphatic rings. The molecule has 0 aliphatic heterocycles. The Labute approximate surface area is 72.3 Å². The van der Waals surface area contributed by atoms with Gasteiger partial charge in [-0.3, -0.25) is 13.6 Å². The van der Waals surface area contributed by atoms with Gasteiger partial charge in [-0.05, 0) is 0 Å². The summed E-state index contributed by atoms with van der Waals surface area (Å²) in [5.41, 5.74) is 0. The molecule has 0 fully saturated rings. The van der Waals surface area contributed by atoms with E-state index in [0.717, 1.165) is 0 Å². The van der Waals surface area contributed by atoms with Crippen molar-refractivity contribution < 1.29 is 23.5 Å². The average Bonchev–Trinajstić information content (AvgIpc) is 2.05. The molecule has 0 saturated carbocycles. The van der Waals surface area contributed by atoms with E-state index in [9.17, 15) is 18.4 Å². The molecular weight excluding hydrogens is 194 g/mol. The monoisotopic (exact) mass is 200 g/mol. The summed E-state index contributed by atoms with van der Waals surface area (Å²) < 4.78 is 23.7. The van der Waals surface area contributed by atoms with Crippen molar-refractivity contribution >= 4 is 23.4 Å². The first kappa shape index (κ1) is 11.3. The number of carboxylic acid groups (broad SMARTS) is 1. The van der Waals surface area contributed by atoms with E-state index in [1.165, 1.54) is 0 Å². The Hall–Kier alpha value is -0.710. The number of rotatable bonds is 5. The third-order valence-corrected chi connectivity index (χ3v) is 1.83. The van der Waals surface area contributed by atoms with Crippen LogP contribution in [-0.4, -0.2) is 35.6 Å². The summed E-state index contributed by atoms with van der Waals surface area (Å²) in [6.07, 6.45) is 0. The van der Waals surface area contributed by atoms with Crippen LogP contribution in [0, 0.1) is 5.92 Å². The zero-order valence-corrected chi connectivity index (χ0v) is 6.72. The Balaban J connectivity index is 4.25. The highest BCUT2D eigenvalue weighted by Gasteiger charge is 2.30. The first-order valence-electron chi connectivity index (χ1n) is 3.07. The van der Waals surface area contributed by atoms with Gasteiger partial charge in [-0.1, -0.05) is 0 Å². The zero-order valence-electron chi connectivity index (χ0n) is 5.97. The quantitative estimate of drug-likeness (QED) is 0.528. The second-order valence-electron chi connectivity index (χ2n) is 2.14. The molecule has 0 spiro atoms. The van der Waals surface area contributed by atoms with Crippen molar-refractivity contribution in [1.29, 1.82) is 0 Å². The summed E-state index contributed by atoms with van der Waals surface area (Å²) in [6.45, 7) is -2.30. The highest BCUT2D eigenvalue weighted by atomic mass is 35.5. The highest BCUT2D eigenvalue weighted by Crippen LogP contribution is 2.13. The van der Waals surface area contributed by atoms with Gasteiger partial charge in [0.25, 0.3) is 5.78 Å². The van der Waals surface area contributed by atoms with Crippen LogP contribution in [-0.2, 0) is 9.59 Å². The smallest absolute Gasteiger partial charge is 0.373 e. The fourth-order valence-electron chi connectivity index (χ4n) is 0.530. The molecule has 0 saturated heterocycles. The number of carbonyl (C=O) groups is 2. The standard InChI is InChI=1S/C6H7ClF2O3/c7-4(3(1-8)2-9)5(10)6(11)12/h3-4H,1-2H2,(H,11,12). The molecule has 0 bridgehead atoms. The van der Waals surface area contributed by atoms with E-state index in [2.05, 4.69) is 0 Å². The second-order valence-corrected chi connectivity index (χ2v) is 2.61. The van der Waals surface area contributed by atoms with Crippen molar-refractivity contribution in [2.45, 2.75) is 5.38 Å². The van der Waals surface area contributed by atoms with Gasteiger partial charge in [0.15, 0.2) is 0 Å². The molecule has 0 aromatic rings. The van der Waals surface area contributed by atoms with Crippen molar-refractivity contribution in [3.8, 4) is 0 Å². The van der Waals surface area contributed by atoms with Crippen LogP contribution in [0.2, 0.25) is 0 Å². The summed E-state index contributed by atoms with van der Waals surface area (Å²) in [6, 6.07) is 0. The van der Waals surface area contributed by atoms with E-state index in [4.69, 9.17) is 16.7 Å². The van der Waals surface area contributed by atoms with Gasteiger partial charge in [0, 0.05) is 5.92 Å². The summed E-state index contributed by atoms with van der Waals surface area (Å²) in [7, 11) is 0. The van der Waals surface area contributed by atoms with E-state index in [-0.39, 0.29) is 0 Å². The number of alkyl halides is 3. The molecule has 0 amide bonds. The van der Waals surface area contributed by atoms with Crippen molar-refractivity contribution in [1.82, 2.24) is 0 Å². The van der Waals surface area contributed by atoms with E-state index < -0.39 is 36.4 Å². The van der Waals surface area contributed by atoms with Crippen molar-refractivity contribution in [3.05, 3.63) is 0 Å². The molecule has 0 aromatic carbocycles. The van der Waals surface area contributed by atoms with Crippen LogP contribution in [0.5, 0.6) is 0 Å². The van der Waals surface area contributed by atoms with Gasteiger partial charge in [-0.2, -0.15) is 0 Å². The van der Waals surface area contributed by atoms with Crippen LogP contribution in [0.25, 0.3) is 0 Å². The Bertz CT molecular complexity index is 182. The Morgan fingerprint density at radius 1 is 1.33 bits per heavy atom. The molecule has 0 radical (unpaired) electrons. The minimum Gasteiger partial charge on any atom is -0.475 e. The third-order valence-electron chi connectivity index (χ3n) is 1.27. The number of hydrogen-bond acceptors (Lipinski definition) is 2. The number of carboxylic acids is 1. The maximum atomic E-state index is 11.9. The molecule has 0 heterocycles. The average molecular weight is 201 g/mol. The lowest BCUT2D eigenvalue weighted by Gasteiger charge is -2.11.